The molecule has 1 aromatic rings. The number of amides is 2. The molecule has 0 aliphatic rings. The van der Waals surface area contributed by atoms with Crippen molar-refractivity contribution in [3.05, 3.63) is 28.8 Å². The van der Waals surface area contributed by atoms with Gasteiger partial charge in [-0.25, -0.2) is 0 Å². The molecule has 5 N–H and O–H groups in total. The summed E-state index contributed by atoms with van der Waals surface area (Å²) in [6.07, 6.45) is 0.0895. The molecule has 5 nitrogen and oxygen atoms in total. The minimum Gasteiger partial charge on any atom is -0.398 e. The first-order valence-electron chi connectivity index (χ1n) is 4.62. The highest BCUT2D eigenvalue weighted by atomic mass is 35.5. The van der Waals surface area contributed by atoms with Crippen LogP contribution in [0.25, 0.3) is 0 Å². The number of hydrogen-bond acceptors (Lipinski definition) is 3. The molecular weight excluding hydrogens is 230 g/mol. The Balaban J connectivity index is 2.65. The lowest BCUT2D eigenvalue weighted by Gasteiger charge is -2.06. The number of benzene rings is 1. The van der Waals surface area contributed by atoms with E-state index >= 15 is 0 Å². The maximum absolute atomic E-state index is 11.6. The summed E-state index contributed by atoms with van der Waals surface area (Å²) in [5.74, 6) is -0.847. The summed E-state index contributed by atoms with van der Waals surface area (Å²) in [4.78, 5) is 22.1. The van der Waals surface area contributed by atoms with Crippen LogP contribution in [0.4, 0.5) is 5.69 Å². The van der Waals surface area contributed by atoms with Gasteiger partial charge in [-0.3, -0.25) is 9.59 Å². The molecule has 0 saturated carbocycles. The van der Waals surface area contributed by atoms with Gasteiger partial charge in [0.25, 0.3) is 5.91 Å². The molecule has 86 valence electrons. The van der Waals surface area contributed by atoms with Crippen LogP contribution in [0.1, 0.15) is 16.8 Å². The van der Waals surface area contributed by atoms with Crippen molar-refractivity contribution in [2.75, 3.05) is 12.3 Å². The number of nitrogens with two attached hydrogens (primary N) is 2. The summed E-state index contributed by atoms with van der Waals surface area (Å²) in [5.41, 5.74) is 11.2. The minimum atomic E-state index is -0.473. The lowest BCUT2D eigenvalue weighted by atomic mass is 10.1. The Labute approximate surface area is 97.7 Å². The zero-order valence-electron chi connectivity index (χ0n) is 8.50. The lowest BCUT2D eigenvalue weighted by Crippen LogP contribution is -2.28. The second kappa shape index (κ2) is 5.37. The Morgan fingerprint density at radius 1 is 1.38 bits per heavy atom. The van der Waals surface area contributed by atoms with Gasteiger partial charge in [0.2, 0.25) is 5.91 Å². The Hall–Kier alpha value is -1.75. The molecule has 6 heteroatoms. The van der Waals surface area contributed by atoms with Crippen LogP contribution in [0.15, 0.2) is 18.2 Å². The van der Waals surface area contributed by atoms with Gasteiger partial charge in [0, 0.05) is 23.7 Å². The topological polar surface area (TPSA) is 98.2 Å². The number of rotatable bonds is 4. The molecule has 1 aromatic carbocycles. The second-order valence-corrected chi connectivity index (χ2v) is 3.64. The number of anilines is 1. The molecule has 0 radical (unpaired) electrons. The smallest absolute Gasteiger partial charge is 0.253 e. The summed E-state index contributed by atoms with van der Waals surface area (Å²) in [6.45, 7) is 0.181. The van der Waals surface area contributed by atoms with Crippen molar-refractivity contribution in [2.45, 2.75) is 6.42 Å². The van der Waals surface area contributed by atoms with Crippen LogP contribution >= 0.6 is 11.6 Å². The number of carbonyl (C=O) groups is 2. The number of nitrogen functional groups attached to an aromatic ring is 1. The van der Waals surface area contributed by atoms with Gasteiger partial charge in [0.1, 0.15) is 0 Å². The number of halogens is 1. The van der Waals surface area contributed by atoms with Gasteiger partial charge in [-0.15, -0.1) is 0 Å². The van der Waals surface area contributed by atoms with Gasteiger partial charge in [-0.05, 0) is 18.2 Å². The van der Waals surface area contributed by atoms with E-state index in [1.807, 2.05) is 0 Å². The quantitative estimate of drug-likeness (QED) is 0.671. The van der Waals surface area contributed by atoms with E-state index < -0.39 is 5.91 Å². The summed E-state index contributed by atoms with van der Waals surface area (Å²) in [5, 5.41) is 2.95. The van der Waals surface area contributed by atoms with Crippen LogP contribution in [-0.4, -0.2) is 18.4 Å². The fourth-order valence-corrected chi connectivity index (χ4v) is 1.29. The van der Waals surface area contributed by atoms with Crippen LogP contribution in [0.2, 0.25) is 5.02 Å². The van der Waals surface area contributed by atoms with Gasteiger partial charge >= 0.3 is 0 Å². The molecular formula is C10H12ClN3O2. The number of primary amides is 1. The van der Waals surface area contributed by atoms with Gasteiger partial charge in [0.15, 0.2) is 0 Å². The third-order valence-electron chi connectivity index (χ3n) is 1.92. The fourth-order valence-electron chi connectivity index (χ4n) is 1.12. The van der Waals surface area contributed by atoms with Crippen molar-refractivity contribution in [3.8, 4) is 0 Å². The average molecular weight is 242 g/mol. The Morgan fingerprint density at radius 3 is 2.69 bits per heavy atom. The zero-order valence-corrected chi connectivity index (χ0v) is 9.25. The lowest BCUT2D eigenvalue weighted by molar-refractivity contribution is -0.117. The zero-order chi connectivity index (χ0) is 12.1. The SMILES string of the molecule is NC(=O)CCNC(=O)c1cc(Cl)ccc1N. The first-order valence-corrected chi connectivity index (χ1v) is 5.00. The number of carbonyl (C=O) groups excluding carboxylic acids is 2. The maximum Gasteiger partial charge on any atom is 0.253 e. The normalized spacial score (nSPS) is 9.81. The molecule has 16 heavy (non-hydrogen) atoms. The molecule has 0 atom stereocenters. The monoisotopic (exact) mass is 241 g/mol. The van der Waals surface area contributed by atoms with E-state index in [0.717, 1.165) is 0 Å². The maximum atomic E-state index is 11.6. The van der Waals surface area contributed by atoms with E-state index in [0.29, 0.717) is 10.7 Å². The van der Waals surface area contributed by atoms with E-state index in [4.69, 9.17) is 23.1 Å². The summed E-state index contributed by atoms with van der Waals surface area (Å²) < 4.78 is 0. The highest BCUT2D eigenvalue weighted by Crippen LogP contribution is 2.17. The predicted molar refractivity (Wildman–Crippen MR) is 62.0 cm³/mol. The summed E-state index contributed by atoms with van der Waals surface area (Å²) in [6, 6.07) is 4.61. The third-order valence-corrected chi connectivity index (χ3v) is 2.15. The van der Waals surface area contributed by atoms with E-state index in [9.17, 15) is 9.59 Å². The largest absolute Gasteiger partial charge is 0.398 e. The van der Waals surface area contributed by atoms with Crippen molar-refractivity contribution in [1.29, 1.82) is 0 Å². The molecule has 0 fully saturated rings. The van der Waals surface area contributed by atoms with Gasteiger partial charge < -0.3 is 16.8 Å². The second-order valence-electron chi connectivity index (χ2n) is 3.20. The van der Waals surface area contributed by atoms with Crippen LogP contribution in [0.5, 0.6) is 0 Å². The first-order chi connectivity index (χ1) is 7.50. The fraction of sp³-hybridized carbons (Fsp3) is 0.200. The molecule has 0 aliphatic carbocycles. The summed E-state index contributed by atoms with van der Waals surface area (Å²) >= 11 is 5.74. The van der Waals surface area contributed by atoms with Gasteiger partial charge in [0.05, 0.1) is 5.56 Å². The van der Waals surface area contributed by atoms with Gasteiger partial charge in [-0.1, -0.05) is 11.6 Å². The molecule has 1 rings (SSSR count). The summed E-state index contributed by atoms with van der Waals surface area (Å²) in [7, 11) is 0. The molecule has 0 spiro atoms. The van der Waals surface area contributed by atoms with Crippen molar-refractivity contribution >= 4 is 29.1 Å². The van der Waals surface area contributed by atoms with Crippen LogP contribution < -0.4 is 16.8 Å². The standard InChI is InChI=1S/C10H12ClN3O2/c11-6-1-2-8(12)7(5-6)10(16)14-4-3-9(13)15/h1-2,5H,3-4,12H2,(H2,13,15)(H,14,16). The Bertz CT molecular complexity index is 421. The Morgan fingerprint density at radius 2 is 2.06 bits per heavy atom. The van der Waals surface area contributed by atoms with Crippen LogP contribution in [0.3, 0.4) is 0 Å². The highest BCUT2D eigenvalue weighted by Gasteiger charge is 2.09. The van der Waals surface area contributed by atoms with Crippen molar-refractivity contribution in [1.82, 2.24) is 5.32 Å². The predicted octanol–water partition coefficient (Wildman–Crippen LogP) is 0.527. The van der Waals surface area contributed by atoms with E-state index in [2.05, 4.69) is 5.32 Å². The molecule has 0 aliphatic heterocycles. The number of hydrogen-bond donors (Lipinski definition) is 3. The molecule has 2 amide bonds. The van der Waals surface area contributed by atoms with Crippen molar-refractivity contribution < 1.29 is 9.59 Å². The van der Waals surface area contributed by atoms with E-state index in [1.165, 1.54) is 6.07 Å². The Kier molecular flexibility index (Phi) is 4.13. The third kappa shape index (κ3) is 3.43. The van der Waals surface area contributed by atoms with Gasteiger partial charge in [-0.2, -0.15) is 0 Å². The van der Waals surface area contributed by atoms with Crippen molar-refractivity contribution in [2.24, 2.45) is 5.73 Å². The van der Waals surface area contributed by atoms with Crippen LogP contribution in [0, 0.1) is 0 Å². The van der Waals surface area contributed by atoms with Crippen LogP contribution in [-0.2, 0) is 4.79 Å². The molecule has 0 saturated heterocycles. The van der Waals surface area contributed by atoms with Crippen molar-refractivity contribution in [3.63, 3.8) is 0 Å². The molecule has 0 unspecified atom stereocenters. The number of nitrogens with one attached hydrogen (secondary N) is 1. The molecule has 0 heterocycles. The highest BCUT2D eigenvalue weighted by molar-refractivity contribution is 6.31. The molecule has 0 bridgehead atoms. The minimum absolute atomic E-state index is 0.0895. The average Bonchev–Trinajstić information content (AvgIpc) is 2.21. The molecule has 0 aromatic heterocycles. The van der Waals surface area contributed by atoms with E-state index in [1.54, 1.807) is 12.1 Å². The van der Waals surface area contributed by atoms with E-state index in [-0.39, 0.29) is 24.4 Å². The first kappa shape index (κ1) is 12.3.